The van der Waals surface area contributed by atoms with Crippen LogP contribution in [0.3, 0.4) is 0 Å². The monoisotopic (exact) mass is 252 g/mol. The van der Waals surface area contributed by atoms with Gasteiger partial charge in [0.05, 0.1) is 0 Å². The fourth-order valence-corrected chi connectivity index (χ4v) is 1.43. The summed E-state index contributed by atoms with van der Waals surface area (Å²) in [5, 5.41) is 9.49. The van der Waals surface area contributed by atoms with E-state index in [1.165, 1.54) is 11.0 Å². The van der Waals surface area contributed by atoms with Gasteiger partial charge in [-0.2, -0.15) is 0 Å². The van der Waals surface area contributed by atoms with Crippen LogP contribution in [0, 0.1) is 0 Å². The van der Waals surface area contributed by atoms with E-state index < -0.39 is 6.09 Å². The molecule has 0 bridgehead atoms. The minimum absolute atomic E-state index is 0.0347. The van der Waals surface area contributed by atoms with Crippen molar-refractivity contribution in [2.75, 3.05) is 34.2 Å². The number of para-hydroxylation sites is 2. The normalized spacial score (nSPS) is 10.4. The number of carbonyl (C=O) groups excluding carboxylic acids is 1. The van der Waals surface area contributed by atoms with Crippen LogP contribution in [-0.2, 0) is 0 Å². The number of benzene rings is 1. The molecule has 0 aliphatic heterocycles. The zero-order chi connectivity index (χ0) is 13.5. The van der Waals surface area contributed by atoms with Crippen LogP contribution in [0.1, 0.15) is 6.42 Å². The molecule has 1 N–H and O–H groups in total. The van der Waals surface area contributed by atoms with E-state index in [1.807, 2.05) is 14.1 Å². The predicted molar refractivity (Wildman–Crippen MR) is 69.9 cm³/mol. The third kappa shape index (κ3) is 4.63. The van der Waals surface area contributed by atoms with Gasteiger partial charge in [0.15, 0.2) is 11.5 Å². The summed E-state index contributed by atoms with van der Waals surface area (Å²) in [7, 11) is 5.65. The highest BCUT2D eigenvalue weighted by Gasteiger charge is 2.12. The van der Waals surface area contributed by atoms with Crippen molar-refractivity contribution in [3.63, 3.8) is 0 Å². The van der Waals surface area contributed by atoms with E-state index in [-0.39, 0.29) is 11.5 Å². The van der Waals surface area contributed by atoms with Crippen LogP contribution in [-0.4, -0.2) is 55.2 Å². The maximum absolute atomic E-state index is 11.7. The molecule has 0 unspecified atom stereocenters. The topological polar surface area (TPSA) is 53.0 Å². The first kappa shape index (κ1) is 14.3. The Balaban J connectivity index is 2.43. The molecule has 0 atom stereocenters. The minimum Gasteiger partial charge on any atom is -0.504 e. The van der Waals surface area contributed by atoms with Crippen LogP contribution in [0.25, 0.3) is 0 Å². The Labute approximate surface area is 108 Å². The Hall–Kier alpha value is -1.75. The summed E-state index contributed by atoms with van der Waals surface area (Å²) < 4.78 is 5.09. The third-order valence-electron chi connectivity index (χ3n) is 2.47. The second-order valence-corrected chi connectivity index (χ2v) is 4.41. The van der Waals surface area contributed by atoms with Crippen molar-refractivity contribution in [1.29, 1.82) is 0 Å². The fourth-order valence-electron chi connectivity index (χ4n) is 1.43. The summed E-state index contributed by atoms with van der Waals surface area (Å²) >= 11 is 0. The van der Waals surface area contributed by atoms with E-state index in [1.54, 1.807) is 25.2 Å². The summed E-state index contributed by atoms with van der Waals surface area (Å²) in [6, 6.07) is 6.41. The molecule has 18 heavy (non-hydrogen) atoms. The second-order valence-electron chi connectivity index (χ2n) is 4.41. The quantitative estimate of drug-likeness (QED) is 0.867. The van der Waals surface area contributed by atoms with Crippen molar-refractivity contribution in [1.82, 2.24) is 9.80 Å². The standard InChI is InChI=1S/C13H20N2O3/c1-14(2)9-6-10-15(3)13(17)18-12-8-5-4-7-11(12)16/h4-5,7-8,16H,6,9-10H2,1-3H3. The van der Waals surface area contributed by atoms with Crippen molar-refractivity contribution in [2.24, 2.45) is 0 Å². The van der Waals surface area contributed by atoms with Gasteiger partial charge in [0.1, 0.15) is 0 Å². The van der Waals surface area contributed by atoms with Gasteiger partial charge in [-0.15, -0.1) is 0 Å². The second kappa shape index (κ2) is 6.86. The third-order valence-corrected chi connectivity index (χ3v) is 2.47. The molecule has 0 saturated carbocycles. The Morgan fingerprint density at radius 3 is 2.50 bits per heavy atom. The lowest BCUT2D eigenvalue weighted by Crippen LogP contribution is -2.32. The Morgan fingerprint density at radius 2 is 1.89 bits per heavy atom. The number of phenols is 1. The summed E-state index contributed by atoms with van der Waals surface area (Å²) in [6.45, 7) is 1.53. The van der Waals surface area contributed by atoms with Gasteiger partial charge < -0.3 is 19.6 Å². The first-order valence-corrected chi connectivity index (χ1v) is 5.86. The lowest BCUT2D eigenvalue weighted by Gasteiger charge is -2.18. The number of ether oxygens (including phenoxy) is 1. The molecule has 0 aliphatic carbocycles. The van der Waals surface area contributed by atoms with E-state index in [9.17, 15) is 9.90 Å². The zero-order valence-corrected chi connectivity index (χ0v) is 11.1. The number of amides is 1. The number of hydrogen-bond acceptors (Lipinski definition) is 4. The zero-order valence-electron chi connectivity index (χ0n) is 11.1. The molecule has 0 aromatic heterocycles. The van der Waals surface area contributed by atoms with E-state index in [0.29, 0.717) is 6.54 Å². The first-order chi connectivity index (χ1) is 8.50. The molecular formula is C13H20N2O3. The number of carbonyl (C=O) groups is 1. The molecule has 100 valence electrons. The van der Waals surface area contributed by atoms with Gasteiger partial charge in [0.2, 0.25) is 0 Å². The van der Waals surface area contributed by atoms with Crippen molar-refractivity contribution in [2.45, 2.75) is 6.42 Å². The fraction of sp³-hybridized carbons (Fsp3) is 0.462. The average Bonchev–Trinajstić information content (AvgIpc) is 2.31. The lowest BCUT2D eigenvalue weighted by atomic mass is 10.3. The van der Waals surface area contributed by atoms with Gasteiger partial charge in [-0.3, -0.25) is 0 Å². The molecule has 1 aromatic rings. The Morgan fingerprint density at radius 1 is 1.22 bits per heavy atom. The minimum atomic E-state index is -0.463. The van der Waals surface area contributed by atoms with Crippen LogP contribution < -0.4 is 4.74 Å². The van der Waals surface area contributed by atoms with E-state index >= 15 is 0 Å². The van der Waals surface area contributed by atoms with E-state index in [2.05, 4.69) is 4.90 Å². The van der Waals surface area contributed by atoms with Crippen molar-refractivity contribution in [3.05, 3.63) is 24.3 Å². The van der Waals surface area contributed by atoms with Gasteiger partial charge >= 0.3 is 6.09 Å². The Bertz CT molecular complexity index is 394. The molecule has 1 rings (SSSR count). The number of aromatic hydroxyl groups is 1. The molecule has 0 heterocycles. The molecule has 5 heteroatoms. The Kier molecular flexibility index (Phi) is 5.45. The molecule has 0 saturated heterocycles. The highest BCUT2D eigenvalue weighted by atomic mass is 16.6. The molecule has 0 fully saturated rings. The van der Waals surface area contributed by atoms with Crippen LogP contribution in [0.4, 0.5) is 4.79 Å². The highest BCUT2D eigenvalue weighted by Crippen LogP contribution is 2.24. The largest absolute Gasteiger partial charge is 0.504 e. The van der Waals surface area contributed by atoms with Crippen LogP contribution >= 0.6 is 0 Å². The molecule has 0 radical (unpaired) electrons. The highest BCUT2D eigenvalue weighted by molar-refractivity contribution is 5.71. The van der Waals surface area contributed by atoms with Crippen molar-refractivity contribution >= 4 is 6.09 Å². The number of nitrogens with zero attached hydrogens (tertiary/aromatic N) is 2. The first-order valence-electron chi connectivity index (χ1n) is 5.86. The number of rotatable bonds is 5. The average molecular weight is 252 g/mol. The van der Waals surface area contributed by atoms with Crippen LogP contribution in [0.2, 0.25) is 0 Å². The van der Waals surface area contributed by atoms with Gasteiger partial charge in [0, 0.05) is 13.6 Å². The molecule has 5 nitrogen and oxygen atoms in total. The number of hydrogen-bond donors (Lipinski definition) is 1. The lowest BCUT2D eigenvalue weighted by molar-refractivity contribution is 0.159. The van der Waals surface area contributed by atoms with Gasteiger partial charge in [-0.05, 0) is 39.2 Å². The van der Waals surface area contributed by atoms with Crippen LogP contribution in [0.5, 0.6) is 11.5 Å². The maximum atomic E-state index is 11.7. The summed E-state index contributed by atoms with van der Waals surface area (Å²) in [5.41, 5.74) is 0. The van der Waals surface area contributed by atoms with Crippen molar-refractivity contribution < 1.29 is 14.6 Å². The molecule has 1 amide bonds. The SMILES string of the molecule is CN(C)CCCN(C)C(=O)Oc1ccccc1O. The van der Waals surface area contributed by atoms with Gasteiger partial charge in [0.25, 0.3) is 0 Å². The van der Waals surface area contributed by atoms with E-state index in [4.69, 9.17) is 4.74 Å². The van der Waals surface area contributed by atoms with Gasteiger partial charge in [-0.1, -0.05) is 12.1 Å². The molecule has 0 aliphatic rings. The smallest absolute Gasteiger partial charge is 0.415 e. The summed E-state index contributed by atoms with van der Waals surface area (Å²) in [5.74, 6) is 0.148. The van der Waals surface area contributed by atoms with E-state index in [0.717, 1.165) is 13.0 Å². The molecular weight excluding hydrogens is 232 g/mol. The molecule has 0 spiro atoms. The summed E-state index contributed by atoms with van der Waals surface area (Å²) in [4.78, 5) is 15.3. The molecule has 1 aromatic carbocycles. The maximum Gasteiger partial charge on any atom is 0.415 e. The van der Waals surface area contributed by atoms with Gasteiger partial charge in [-0.25, -0.2) is 4.79 Å². The van der Waals surface area contributed by atoms with Crippen LogP contribution in [0.15, 0.2) is 24.3 Å². The predicted octanol–water partition coefficient (Wildman–Crippen LogP) is 1.77. The number of phenolic OH excluding ortho intramolecular Hbond substituents is 1. The summed E-state index contributed by atoms with van der Waals surface area (Å²) in [6.07, 6.45) is 0.412. The van der Waals surface area contributed by atoms with Crippen molar-refractivity contribution in [3.8, 4) is 11.5 Å².